The largest absolute Gasteiger partial charge is 0.497 e. The maximum absolute atomic E-state index is 11.5. The van der Waals surface area contributed by atoms with Gasteiger partial charge in [-0.05, 0) is 24.3 Å². The third kappa shape index (κ3) is 3.60. The minimum absolute atomic E-state index is 0.411. The van der Waals surface area contributed by atoms with E-state index in [-0.39, 0.29) is 0 Å². The van der Waals surface area contributed by atoms with Crippen LogP contribution < -0.4 is 19.8 Å². The van der Waals surface area contributed by atoms with Crippen molar-refractivity contribution in [2.24, 2.45) is 0 Å². The predicted molar refractivity (Wildman–Crippen MR) is 101 cm³/mol. The number of hydrogen-bond acceptors (Lipinski definition) is 6. The first-order valence-corrected chi connectivity index (χ1v) is 8.58. The third-order valence-electron chi connectivity index (χ3n) is 4.15. The molecule has 2 aromatic heterocycles. The van der Waals surface area contributed by atoms with Crippen LogP contribution in [-0.2, 0) is 0 Å². The van der Waals surface area contributed by atoms with Gasteiger partial charge in [-0.25, -0.2) is 4.79 Å². The van der Waals surface area contributed by atoms with Crippen molar-refractivity contribution in [2.45, 2.75) is 6.42 Å². The van der Waals surface area contributed by atoms with E-state index in [2.05, 4.69) is 0 Å². The van der Waals surface area contributed by atoms with Crippen molar-refractivity contribution in [2.75, 3.05) is 20.3 Å². The van der Waals surface area contributed by atoms with Crippen LogP contribution in [0.1, 0.15) is 6.42 Å². The molecule has 0 aliphatic carbocycles. The summed E-state index contributed by atoms with van der Waals surface area (Å²) in [7, 11) is 1.62. The monoisotopic (exact) mass is 366 g/mol. The van der Waals surface area contributed by atoms with E-state index in [9.17, 15) is 4.79 Å². The van der Waals surface area contributed by atoms with E-state index < -0.39 is 5.63 Å². The number of benzene rings is 2. The van der Waals surface area contributed by atoms with Gasteiger partial charge in [0.15, 0.2) is 0 Å². The Morgan fingerprint density at radius 2 is 1.70 bits per heavy atom. The molecule has 0 aliphatic rings. The maximum Gasteiger partial charge on any atom is 0.336 e. The van der Waals surface area contributed by atoms with Crippen LogP contribution in [0.25, 0.3) is 21.9 Å². The standard InChI is InChI=1S/C21H18O6/c1-23-14-4-2-5-15(12-14)24-9-3-10-26-21-16-6-7-20(22)27-19(16)13-18-17(21)8-11-25-18/h2,4-8,11-13H,3,9-10H2,1H3. The minimum atomic E-state index is -0.411. The number of rotatable bonds is 7. The molecule has 0 fully saturated rings. The molecule has 6 heteroatoms. The zero-order valence-electron chi connectivity index (χ0n) is 14.8. The summed E-state index contributed by atoms with van der Waals surface area (Å²) in [6.07, 6.45) is 2.27. The number of fused-ring (bicyclic) bond motifs is 2. The van der Waals surface area contributed by atoms with E-state index in [1.54, 1.807) is 25.5 Å². The molecule has 0 N–H and O–H groups in total. The van der Waals surface area contributed by atoms with Crippen molar-refractivity contribution in [1.82, 2.24) is 0 Å². The Labute approximate surface area is 154 Å². The molecule has 138 valence electrons. The molecule has 0 saturated carbocycles. The summed E-state index contributed by atoms with van der Waals surface area (Å²) < 4.78 is 27.6. The Hall–Kier alpha value is -3.41. The molecule has 6 nitrogen and oxygen atoms in total. The topological polar surface area (TPSA) is 71.0 Å². The van der Waals surface area contributed by atoms with Gasteiger partial charge in [-0.1, -0.05) is 6.07 Å². The fourth-order valence-corrected chi connectivity index (χ4v) is 2.88. The van der Waals surface area contributed by atoms with Crippen LogP contribution in [0.5, 0.6) is 17.2 Å². The van der Waals surface area contributed by atoms with Crippen LogP contribution in [0.3, 0.4) is 0 Å². The van der Waals surface area contributed by atoms with Gasteiger partial charge in [-0.2, -0.15) is 0 Å². The Morgan fingerprint density at radius 1 is 0.889 bits per heavy atom. The molecular formula is C21H18O6. The summed E-state index contributed by atoms with van der Waals surface area (Å²) in [5.74, 6) is 2.14. The van der Waals surface area contributed by atoms with Crippen molar-refractivity contribution < 1.29 is 23.0 Å². The maximum atomic E-state index is 11.5. The average Bonchev–Trinajstić information content (AvgIpc) is 3.15. The summed E-state index contributed by atoms with van der Waals surface area (Å²) in [4.78, 5) is 11.5. The third-order valence-corrected chi connectivity index (χ3v) is 4.15. The lowest BCUT2D eigenvalue weighted by atomic mass is 10.1. The Balaban J connectivity index is 1.45. The summed E-state index contributed by atoms with van der Waals surface area (Å²) >= 11 is 0. The molecular weight excluding hydrogens is 348 g/mol. The summed E-state index contributed by atoms with van der Waals surface area (Å²) in [6, 6.07) is 14.1. The van der Waals surface area contributed by atoms with Gasteiger partial charge >= 0.3 is 5.63 Å². The molecule has 0 spiro atoms. The van der Waals surface area contributed by atoms with Crippen molar-refractivity contribution in [3.63, 3.8) is 0 Å². The van der Waals surface area contributed by atoms with Crippen molar-refractivity contribution in [1.29, 1.82) is 0 Å². The highest BCUT2D eigenvalue weighted by Crippen LogP contribution is 2.35. The summed E-state index contributed by atoms with van der Waals surface area (Å²) in [5, 5.41) is 1.57. The van der Waals surface area contributed by atoms with E-state index in [1.165, 1.54) is 6.07 Å². The molecule has 27 heavy (non-hydrogen) atoms. The summed E-state index contributed by atoms with van der Waals surface area (Å²) in [5.41, 5.74) is 0.637. The number of furan rings is 1. The molecule has 4 rings (SSSR count). The van der Waals surface area contributed by atoms with Crippen molar-refractivity contribution >= 4 is 21.9 Å². The van der Waals surface area contributed by atoms with E-state index >= 15 is 0 Å². The first kappa shape index (κ1) is 17.0. The Kier molecular flexibility index (Phi) is 4.70. The number of ether oxygens (including phenoxy) is 3. The number of hydrogen-bond donors (Lipinski definition) is 0. The highest BCUT2D eigenvalue weighted by atomic mass is 16.5. The van der Waals surface area contributed by atoms with Gasteiger partial charge in [0.1, 0.15) is 28.4 Å². The normalized spacial score (nSPS) is 11.0. The van der Waals surface area contributed by atoms with E-state index in [0.717, 1.165) is 22.3 Å². The summed E-state index contributed by atoms with van der Waals surface area (Å²) in [6.45, 7) is 0.948. The molecule has 0 saturated heterocycles. The molecule has 2 aromatic carbocycles. The van der Waals surface area contributed by atoms with Gasteiger partial charge in [0.2, 0.25) is 0 Å². The highest BCUT2D eigenvalue weighted by molar-refractivity contribution is 6.01. The Bertz CT molecular complexity index is 1120. The molecule has 0 amide bonds. The average molecular weight is 366 g/mol. The lowest BCUT2D eigenvalue weighted by Gasteiger charge is -2.11. The molecule has 4 aromatic rings. The zero-order chi connectivity index (χ0) is 18.6. The quantitative estimate of drug-likeness (QED) is 0.357. The second-order valence-electron chi connectivity index (χ2n) is 5.93. The molecule has 0 radical (unpaired) electrons. The van der Waals surface area contributed by atoms with E-state index in [1.807, 2.05) is 30.3 Å². The van der Waals surface area contributed by atoms with Crippen LogP contribution in [0.4, 0.5) is 0 Å². The molecule has 0 unspecified atom stereocenters. The van der Waals surface area contributed by atoms with Crippen LogP contribution >= 0.6 is 0 Å². The van der Waals surface area contributed by atoms with Gasteiger partial charge in [-0.3, -0.25) is 0 Å². The molecule has 2 heterocycles. The van der Waals surface area contributed by atoms with Crippen molar-refractivity contribution in [3.8, 4) is 17.2 Å². The van der Waals surface area contributed by atoms with Crippen LogP contribution in [0, 0.1) is 0 Å². The van der Waals surface area contributed by atoms with Crippen LogP contribution in [0.15, 0.2) is 68.4 Å². The molecule has 0 atom stereocenters. The van der Waals surface area contributed by atoms with Gasteiger partial charge < -0.3 is 23.0 Å². The van der Waals surface area contributed by atoms with Crippen LogP contribution in [-0.4, -0.2) is 20.3 Å². The Morgan fingerprint density at radius 3 is 2.59 bits per heavy atom. The molecule has 0 aliphatic heterocycles. The lowest BCUT2D eigenvalue weighted by Crippen LogP contribution is -2.06. The first-order chi connectivity index (χ1) is 13.2. The van der Waals surface area contributed by atoms with Gasteiger partial charge in [0, 0.05) is 24.6 Å². The van der Waals surface area contributed by atoms with E-state index in [0.29, 0.717) is 36.6 Å². The van der Waals surface area contributed by atoms with Gasteiger partial charge in [0.05, 0.1) is 37.4 Å². The fraction of sp³-hybridized carbons (Fsp3) is 0.190. The van der Waals surface area contributed by atoms with Crippen molar-refractivity contribution in [3.05, 3.63) is 65.2 Å². The van der Waals surface area contributed by atoms with Crippen LogP contribution in [0.2, 0.25) is 0 Å². The van der Waals surface area contributed by atoms with E-state index in [4.69, 9.17) is 23.0 Å². The fourth-order valence-electron chi connectivity index (χ4n) is 2.88. The SMILES string of the molecule is COc1cccc(OCCCOc2c3ccoc3cc3oc(=O)ccc23)c1. The minimum Gasteiger partial charge on any atom is -0.497 e. The highest BCUT2D eigenvalue weighted by Gasteiger charge is 2.13. The molecule has 0 bridgehead atoms. The van der Waals surface area contributed by atoms with Gasteiger partial charge in [-0.15, -0.1) is 0 Å². The number of methoxy groups -OCH3 is 1. The second-order valence-corrected chi connectivity index (χ2v) is 5.93. The zero-order valence-corrected chi connectivity index (χ0v) is 14.8. The smallest absolute Gasteiger partial charge is 0.336 e. The first-order valence-electron chi connectivity index (χ1n) is 8.58. The lowest BCUT2D eigenvalue weighted by molar-refractivity contribution is 0.249. The van der Waals surface area contributed by atoms with Gasteiger partial charge in [0.25, 0.3) is 0 Å². The predicted octanol–water partition coefficient (Wildman–Crippen LogP) is 4.40. The second kappa shape index (κ2) is 7.45.